The second-order valence-corrected chi connectivity index (χ2v) is 4.66. The summed E-state index contributed by atoms with van der Waals surface area (Å²) in [5, 5.41) is 3.98. The Kier molecular flexibility index (Phi) is 4.34. The third kappa shape index (κ3) is 3.31. The zero-order valence-electron chi connectivity index (χ0n) is 10.2. The van der Waals surface area contributed by atoms with Gasteiger partial charge in [-0.15, -0.1) is 0 Å². The van der Waals surface area contributed by atoms with Gasteiger partial charge in [0.2, 0.25) is 0 Å². The Bertz CT molecular complexity index is 510. The first-order valence-corrected chi connectivity index (χ1v) is 6.24. The van der Waals surface area contributed by atoms with Gasteiger partial charge in [-0.3, -0.25) is 0 Å². The van der Waals surface area contributed by atoms with Crippen molar-refractivity contribution in [2.75, 3.05) is 7.05 Å². The lowest BCUT2D eigenvalue weighted by Crippen LogP contribution is -2.18. The highest BCUT2D eigenvalue weighted by molar-refractivity contribution is 6.30. The monoisotopic (exact) mass is 263 g/mol. The summed E-state index contributed by atoms with van der Waals surface area (Å²) in [5.74, 6) is -0.212. The van der Waals surface area contributed by atoms with Gasteiger partial charge < -0.3 is 5.32 Å². The van der Waals surface area contributed by atoms with Gasteiger partial charge in [-0.05, 0) is 48.9 Å². The molecule has 1 nitrogen and oxygen atoms in total. The van der Waals surface area contributed by atoms with Gasteiger partial charge in [-0.25, -0.2) is 4.39 Å². The Hall–Kier alpha value is -1.38. The van der Waals surface area contributed by atoms with E-state index in [2.05, 4.69) is 5.32 Å². The van der Waals surface area contributed by atoms with Gasteiger partial charge in [0.1, 0.15) is 5.82 Å². The second-order valence-electron chi connectivity index (χ2n) is 4.23. The van der Waals surface area contributed by atoms with E-state index in [9.17, 15) is 4.39 Å². The molecular weight excluding hydrogens is 249 g/mol. The summed E-state index contributed by atoms with van der Waals surface area (Å²) in [7, 11) is 1.90. The largest absolute Gasteiger partial charge is 0.313 e. The summed E-state index contributed by atoms with van der Waals surface area (Å²) in [5.41, 5.74) is 2.23. The quantitative estimate of drug-likeness (QED) is 0.880. The summed E-state index contributed by atoms with van der Waals surface area (Å²) in [6.45, 7) is 0. The average molecular weight is 264 g/mol. The van der Waals surface area contributed by atoms with Crippen LogP contribution in [0.1, 0.15) is 17.2 Å². The number of halogens is 2. The van der Waals surface area contributed by atoms with E-state index in [0.717, 1.165) is 22.6 Å². The number of nitrogens with one attached hydrogen (secondary N) is 1. The van der Waals surface area contributed by atoms with Crippen LogP contribution < -0.4 is 5.32 Å². The third-order valence-electron chi connectivity index (χ3n) is 2.95. The van der Waals surface area contributed by atoms with Crippen LogP contribution in [-0.2, 0) is 6.42 Å². The van der Waals surface area contributed by atoms with Gasteiger partial charge in [0.15, 0.2) is 0 Å². The molecular formula is C15H15ClFN. The van der Waals surface area contributed by atoms with E-state index in [1.165, 1.54) is 12.1 Å². The van der Waals surface area contributed by atoms with E-state index in [1.807, 2.05) is 31.3 Å². The van der Waals surface area contributed by atoms with Crippen molar-refractivity contribution in [1.29, 1.82) is 0 Å². The van der Waals surface area contributed by atoms with Gasteiger partial charge in [0.05, 0.1) is 0 Å². The predicted octanol–water partition coefficient (Wildman–Crippen LogP) is 3.98. The van der Waals surface area contributed by atoms with Gasteiger partial charge in [-0.1, -0.05) is 35.9 Å². The van der Waals surface area contributed by atoms with E-state index >= 15 is 0 Å². The first kappa shape index (κ1) is 13.1. The van der Waals surface area contributed by atoms with Crippen LogP contribution in [0.4, 0.5) is 4.39 Å². The Morgan fingerprint density at radius 2 is 1.89 bits per heavy atom. The zero-order chi connectivity index (χ0) is 13.0. The van der Waals surface area contributed by atoms with Crippen LogP contribution in [0.25, 0.3) is 0 Å². The lowest BCUT2D eigenvalue weighted by molar-refractivity contribution is 0.586. The minimum absolute atomic E-state index is 0.157. The van der Waals surface area contributed by atoms with Crippen molar-refractivity contribution in [3.05, 3.63) is 70.5 Å². The van der Waals surface area contributed by atoms with E-state index in [1.54, 1.807) is 12.1 Å². The molecule has 2 aromatic rings. The van der Waals surface area contributed by atoms with Crippen LogP contribution in [0.2, 0.25) is 5.02 Å². The predicted molar refractivity (Wildman–Crippen MR) is 73.4 cm³/mol. The molecule has 2 rings (SSSR count). The van der Waals surface area contributed by atoms with Crippen LogP contribution >= 0.6 is 11.6 Å². The minimum atomic E-state index is -0.212. The number of likely N-dealkylation sites (N-methyl/N-ethyl adjacent to an activating group) is 1. The van der Waals surface area contributed by atoms with Crippen LogP contribution in [0, 0.1) is 5.82 Å². The fraction of sp³-hybridized carbons (Fsp3) is 0.200. The average Bonchev–Trinajstić information content (AvgIpc) is 2.37. The highest BCUT2D eigenvalue weighted by Crippen LogP contribution is 2.20. The van der Waals surface area contributed by atoms with Crippen molar-refractivity contribution in [1.82, 2.24) is 5.32 Å². The molecule has 0 heterocycles. The fourth-order valence-electron chi connectivity index (χ4n) is 1.98. The molecule has 1 unspecified atom stereocenters. The maximum absolute atomic E-state index is 12.9. The number of hydrogen-bond donors (Lipinski definition) is 1. The molecule has 94 valence electrons. The number of rotatable bonds is 4. The van der Waals surface area contributed by atoms with Crippen LogP contribution in [0.5, 0.6) is 0 Å². The summed E-state index contributed by atoms with van der Waals surface area (Å²) in [6, 6.07) is 14.5. The molecule has 0 aliphatic carbocycles. The number of benzene rings is 2. The molecule has 0 saturated heterocycles. The van der Waals surface area contributed by atoms with Crippen molar-refractivity contribution in [3.8, 4) is 0 Å². The number of hydrogen-bond acceptors (Lipinski definition) is 1. The summed E-state index contributed by atoms with van der Waals surface area (Å²) < 4.78 is 12.9. The lowest BCUT2D eigenvalue weighted by Gasteiger charge is -2.17. The summed E-state index contributed by atoms with van der Waals surface area (Å²) in [4.78, 5) is 0. The molecule has 0 aliphatic heterocycles. The van der Waals surface area contributed by atoms with Crippen molar-refractivity contribution in [2.24, 2.45) is 0 Å². The van der Waals surface area contributed by atoms with Crippen molar-refractivity contribution < 1.29 is 4.39 Å². The van der Waals surface area contributed by atoms with Crippen molar-refractivity contribution in [3.63, 3.8) is 0 Å². The molecule has 0 amide bonds. The van der Waals surface area contributed by atoms with Crippen molar-refractivity contribution >= 4 is 11.6 Å². The third-order valence-corrected chi connectivity index (χ3v) is 3.18. The Morgan fingerprint density at radius 3 is 2.50 bits per heavy atom. The molecule has 1 N–H and O–H groups in total. The van der Waals surface area contributed by atoms with Gasteiger partial charge in [0.25, 0.3) is 0 Å². The first-order valence-electron chi connectivity index (χ1n) is 5.86. The van der Waals surface area contributed by atoms with Crippen LogP contribution in [0.3, 0.4) is 0 Å². The van der Waals surface area contributed by atoms with Gasteiger partial charge >= 0.3 is 0 Å². The van der Waals surface area contributed by atoms with Crippen molar-refractivity contribution in [2.45, 2.75) is 12.5 Å². The standard InChI is InChI=1S/C15H15ClFN/c1-18-15(12-5-7-14(17)8-6-12)10-11-3-2-4-13(16)9-11/h2-9,15,18H,10H2,1H3. The van der Waals surface area contributed by atoms with E-state index < -0.39 is 0 Å². The molecule has 3 heteroatoms. The normalized spacial score (nSPS) is 12.4. The zero-order valence-corrected chi connectivity index (χ0v) is 10.9. The second kappa shape index (κ2) is 5.98. The molecule has 0 saturated carbocycles. The molecule has 1 atom stereocenters. The molecule has 18 heavy (non-hydrogen) atoms. The van der Waals surface area contributed by atoms with E-state index in [-0.39, 0.29) is 11.9 Å². The van der Waals surface area contributed by atoms with Gasteiger partial charge in [0, 0.05) is 11.1 Å². The van der Waals surface area contributed by atoms with Crippen LogP contribution in [0.15, 0.2) is 48.5 Å². The summed E-state index contributed by atoms with van der Waals surface area (Å²) in [6.07, 6.45) is 0.822. The molecule has 0 aliphatic rings. The van der Waals surface area contributed by atoms with E-state index in [0.29, 0.717) is 0 Å². The SMILES string of the molecule is CNC(Cc1cccc(Cl)c1)c1ccc(F)cc1. The highest BCUT2D eigenvalue weighted by Gasteiger charge is 2.10. The molecule has 0 radical (unpaired) electrons. The Morgan fingerprint density at radius 1 is 1.17 bits per heavy atom. The molecule has 0 fully saturated rings. The Labute approximate surface area is 112 Å². The topological polar surface area (TPSA) is 12.0 Å². The molecule has 0 bridgehead atoms. The smallest absolute Gasteiger partial charge is 0.123 e. The maximum atomic E-state index is 12.9. The maximum Gasteiger partial charge on any atom is 0.123 e. The fourth-order valence-corrected chi connectivity index (χ4v) is 2.19. The highest BCUT2D eigenvalue weighted by atomic mass is 35.5. The minimum Gasteiger partial charge on any atom is -0.313 e. The first-order chi connectivity index (χ1) is 8.69. The molecule has 0 spiro atoms. The lowest BCUT2D eigenvalue weighted by atomic mass is 9.99. The molecule has 2 aromatic carbocycles. The summed E-state index contributed by atoms with van der Waals surface area (Å²) >= 11 is 5.97. The van der Waals surface area contributed by atoms with E-state index in [4.69, 9.17) is 11.6 Å². The molecule has 0 aromatic heterocycles. The Balaban J connectivity index is 2.17. The van der Waals surface area contributed by atoms with Crippen LogP contribution in [-0.4, -0.2) is 7.05 Å². The van der Waals surface area contributed by atoms with Gasteiger partial charge in [-0.2, -0.15) is 0 Å².